The summed E-state index contributed by atoms with van der Waals surface area (Å²) in [6.45, 7) is 5.10. The highest BCUT2D eigenvalue weighted by Gasteiger charge is 2.30. The Hall–Kier alpha value is -4.60. The predicted octanol–water partition coefficient (Wildman–Crippen LogP) is 3.54. The number of aromatic nitrogens is 3. The van der Waals surface area contributed by atoms with Gasteiger partial charge in [-0.15, -0.1) is 10.2 Å². The third-order valence-corrected chi connectivity index (χ3v) is 6.03. The molecular formula is C28H28FN5O4. The van der Waals surface area contributed by atoms with Crippen molar-refractivity contribution < 1.29 is 18.4 Å². The first-order valence-corrected chi connectivity index (χ1v) is 12.1. The van der Waals surface area contributed by atoms with Gasteiger partial charge < -0.3 is 15.5 Å². The smallest absolute Gasteiger partial charge is 0.286 e. The van der Waals surface area contributed by atoms with Crippen molar-refractivity contribution in [2.45, 2.75) is 39.8 Å². The van der Waals surface area contributed by atoms with Crippen LogP contribution < -0.4 is 16.6 Å². The lowest BCUT2D eigenvalue weighted by Crippen LogP contribution is -2.46. The number of nitrogens with two attached hydrogens (primary N) is 1. The number of nitrogen functional groups attached to an aromatic ring is 1. The zero-order valence-corrected chi connectivity index (χ0v) is 21.3. The number of carbonyl (C=O) groups excluding carboxylic acids is 2. The van der Waals surface area contributed by atoms with Crippen molar-refractivity contribution in [2.75, 3.05) is 5.73 Å². The zero-order chi connectivity index (χ0) is 27.4. The number of benzene rings is 2. The summed E-state index contributed by atoms with van der Waals surface area (Å²) in [5.74, 6) is -1.80. The summed E-state index contributed by atoms with van der Waals surface area (Å²) in [5.41, 5.74) is 8.13. The lowest BCUT2D eigenvalue weighted by atomic mass is 9.99. The van der Waals surface area contributed by atoms with Gasteiger partial charge in [0.1, 0.15) is 12.4 Å². The molecule has 0 aliphatic rings. The number of anilines is 1. The minimum absolute atomic E-state index is 0.0489. The van der Waals surface area contributed by atoms with Crippen LogP contribution in [0.3, 0.4) is 0 Å². The van der Waals surface area contributed by atoms with Crippen LogP contribution in [-0.2, 0) is 17.8 Å². The summed E-state index contributed by atoms with van der Waals surface area (Å²) in [6.07, 6.45) is 0.366. The Kier molecular flexibility index (Phi) is 7.80. The van der Waals surface area contributed by atoms with Gasteiger partial charge in [-0.3, -0.25) is 19.0 Å². The molecule has 0 unspecified atom stereocenters. The van der Waals surface area contributed by atoms with Crippen LogP contribution in [0.2, 0.25) is 0 Å². The molecule has 0 saturated carbocycles. The van der Waals surface area contributed by atoms with E-state index in [2.05, 4.69) is 15.5 Å². The molecule has 0 radical (unpaired) electrons. The van der Waals surface area contributed by atoms with E-state index in [1.165, 1.54) is 34.9 Å². The molecule has 0 aliphatic carbocycles. The Balaban J connectivity index is 1.52. The average Bonchev–Trinajstić information content (AvgIpc) is 3.34. The summed E-state index contributed by atoms with van der Waals surface area (Å²) >= 11 is 0. The van der Waals surface area contributed by atoms with E-state index in [9.17, 15) is 18.8 Å². The number of amides is 1. The van der Waals surface area contributed by atoms with E-state index in [1.54, 1.807) is 19.9 Å². The Morgan fingerprint density at radius 1 is 1.08 bits per heavy atom. The number of ketones is 1. The van der Waals surface area contributed by atoms with Gasteiger partial charge in [-0.05, 0) is 60.4 Å². The fourth-order valence-electron chi connectivity index (χ4n) is 4.08. The molecule has 2 heterocycles. The second kappa shape index (κ2) is 11.2. The molecule has 2 aromatic heterocycles. The number of nitrogens with zero attached hydrogens (tertiary/aromatic N) is 3. The number of halogens is 1. The quantitative estimate of drug-likeness (QED) is 0.325. The van der Waals surface area contributed by atoms with Gasteiger partial charge in [0.05, 0.1) is 23.8 Å². The number of hydrogen-bond donors (Lipinski definition) is 2. The monoisotopic (exact) mass is 517 g/mol. The first kappa shape index (κ1) is 26.5. The molecule has 38 heavy (non-hydrogen) atoms. The highest BCUT2D eigenvalue weighted by atomic mass is 19.1. The van der Waals surface area contributed by atoms with E-state index in [1.807, 2.05) is 31.2 Å². The van der Waals surface area contributed by atoms with Crippen molar-refractivity contribution in [3.05, 3.63) is 99.7 Å². The summed E-state index contributed by atoms with van der Waals surface area (Å²) in [7, 11) is 0. The normalized spacial score (nSPS) is 11.9. The van der Waals surface area contributed by atoms with Crippen molar-refractivity contribution in [3.63, 3.8) is 0 Å². The van der Waals surface area contributed by atoms with E-state index in [0.29, 0.717) is 17.7 Å². The summed E-state index contributed by atoms with van der Waals surface area (Å²) < 4.78 is 20.2. The van der Waals surface area contributed by atoms with Gasteiger partial charge in [-0.2, -0.15) is 0 Å². The molecule has 196 valence electrons. The summed E-state index contributed by atoms with van der Waals surface area (Å²) in [6, 6.07) is 15.4. The Morgan fingerprint density at radius 2 is 1.82 bits per heavy atom. The number of aryl methyl sites for hydroxylation is 1. The molecule has 0 spiro atoms. The fraction of sp³-hybridized carbons (Fsp3) is 0.250. The van der Waals surface area contributed by atoms with Crippen LogP contribution >= 0.6 is 0 Å². The van der Waals surface area contributed by atoms with Gasteiger partial charge in [-0.25, -0.2) is 4.39 Å². The summed E-state index contributed by atoms with van der Waals surface area (Å²) in [5, 5.41) is 10.6. The van der Waals surface area contributed by atoms with Crippen LogP contribution in [0.1, 0.15) is 41.6 Å². The van der Waals surface area contributed by atoms with Crippen molar-refractivity contribution in [1.29, 1.82) is 0 Å². The third kappa shape index (κ3) is 6.03. The number of hydrogen-bond acceptors (Lipinski definition) is 7. The topological polar surface area (TPSA) is 133 Å². The maximum atomic E-state index is 13.4. The van der Waals surface area contributed by atoms with Crippen LogP contribution in [0.25, 0.3) is 11.3 Å². The first-order chi connectivity index (χ1) is 18.1. The molecule has 0 aliphatic heterocycles. The average molecular weight is 518 g/mol. The van der Waals surface area contributed by atoms with E-state index in [4.69, 9.17) is 10.2 Å². The van der Waals surface area contributed by atoms with Gasteiger partial charge in [0.2, 0.25) is 17.6 Å². The number of pyridine rings is 1. The Bertz CT molecular complexity index is 1520. The van der Waals surface area contributed by atoms with E-state index >= 15 is 0 Å². The highest BCUT2D eigenvalue weighted by molar-refractivity contribution is 5.98. The van der Waals surface area contributed by atoms with Crippen molar-refractivity contribution in [2.24, 2.45) is 5.92 Å². The molecule has 9 nitrogen and oxygen atoms in total. The standard InChI is InChI=1S/C28H28FN5O4/c1-16(2)25(26(36)27-33-32-24(38-27)14-18-6-4-5-17(3)13-18)31-23(35)15-34-22(12-11-21(30)28(34)37)19-7-9-20(29)10-8-19/h4-13,16,25H,14-15,30H2,1-3H3,(H,31,35)/t25-/m0/s1. The first-order valence-electron chi connectivity index (χ1n) is 12.1. The minimum Gasteiger partial charge on any atom is -0.418 e. The predicted molar refractivity (Wildman–Crippen MR) is 140 cm³/mol. The van der Waals surface area contributed by atoms with Crippen molar-refractivity contribution in [3.8, 4) is 11.3 Å². The van der Waals surface area contributed by atoms with Crippen molar-refractivity contribution >= 4 is 17.4 Å². The Labute approximate surface area is 218 Å². The van der Waals surface area contributed by atoms with Gasteiger partial charge in [-0.1, -0.05) is 43.7 Å². The molecular weight excluding hydrogens is 489 g/mol. The van der Waals surface area contributed by atoms with Gasteiger partial charge in [0, 0.05) is 0 Å². The minimum atomic E-state index is -0.971. The lowest BCUT2D eigenvalue weighted by molar-refractivity contribution is -0.122. The Morgan fingerprint density at radius 3 is 2.50 bits per heavy atom. The number of Topliss-reactive ketones (excluding diaryl/α,β-unsaturated/α-hetero) is 1. The van der Waals surface area contributed by atoms with E-state index in [0.717, 1.165) is 11.1 Å². The SMILES string of the molecule is Cc1cccc(Cc2nnc(C(=O)[C@@H](NC(=O)Cn3c(-c4ccc(F)cc4)ccc(N)c3=O)C(C)C)o2)c1. The molecule has 2 aromatic carbocycles. The molecule has 10 heteroatoms. The van der Waals surface area contributed by atoms with Crippen LogP contribution in [0.15, 0.2) is 69.9 Å². The maximum Gasteiger partial charge on any atom is 0.286 e. The van der Waals surface area contributed by atoms with Gasteiger partial charge in [0.15, 0.2) is 0 Å². The number of carbonyl (C=O) groups is 2. The molecule has 4 rings (SSSR count). The van der Waals surface area contributed by atoms with Crippen molar-refractivity contribution in [1.82, 2.24) is 20.1 Å². The van der Waals surface area contributed by atoms with Crippen LogP contribution in [-0.4, -0.2) is 32.5 Å². The molecule has 0 bridgehead atoms. The van der Waals surface area contributed by atoms with E-state index < -0.39 is 35.7 Å². The fourth-order valence-corrected chi connectivity index (χ4v) is 4.08. The third-order valence-electron chi connectivity index (χ3n) is 6.03. The second-order valence-electron chi connectivity index (χ2n) is 9.39. The molecule has 1 amide bonds. The zero-order valence-electron chi connectivity index (χ0n) is 21.3. The molecule has 0 saturated heterocycles. The molecule has 0 fully saturated rings. The number of nitrogens with one attached hydrogen (secondary N) is 1. The van der Waals surface area contributed by atoms with Crippen LogP contribution in [0, 0.1) is 18.7 Å². The van der Waals surface area contributed by atoms with Crippen LogP contribution in [0.4, 0.5) is 10.1 Å². The van der Waals surface area contributed by atoms with E-state index in [-0.39, 0.29) is 23.4 Å². The highest BCUT2D eigenvalue weighted by Crippen LogP contribution is 2.20. The largest absolute Gasteiger partial charge is 0.418 e. The summed E-state index contributed by atoms with van der Waals surface area (Å²) in [4.78, 5) is 39.1. The maximum absolute atomic E-state index is 13.4. The van der Waals surface area contributed by atoms with Gasteiger partial charge in [0.25, 0.3) is 11.4 Å². The van der Waals surface area contributed by atoms with Crippen LogP contribution in [0.5, 0.6) is 0 Å². The lowest BCUT2D eigenvalue weighted by Gasteiger charge is -2.21. The number of rotatable bonds is 9. The molecule has 3 N–H and O–H groups in total. The molecule has 1 atom stereocenters. The van der Waals surface area contributed by atoms with Gasteiger partial charge >= 0.3 is 0 Å². The molecule has 4 aromatic rings. The second-order valence-corrected chi connectivity index (χ2v) is 9.39.